The molecular formula is C21H25N5O2. The first-order chi connectivity index (χ1) is 13.6. The van der Waals surface area contributed by atoms with Gasteiger partial charge in [-0.25, -0.2) is 4.98 Å². The number of nitrogens with one attached hydrogen (secondary N) is 1. The number of imidazole rings is 1. The second-order valence-electron chi connectivity index (χ2n) is 7.06. The fraction of sp³-hybridized carbons (Fsp3) is 0.333. The summed E-state index contributed by atoms with van der Waals surface area (Å²) in [5.41, 5.74) is 2.96. The van der Waals surface area contributed by atoms with Gasteiger partial charge in [0.25, 0.3) is 5.91 Å². The Bertz CT molecular complexity index is 958. The van der Waals surface area contributed by atoms with Crippen LogP contribution in [-0.2, 0) is 33.2 Å². The lowest BCUT2D eigenvalue weighted by molar-refractivity contribution is 0.0941. The zero-order valence-electron chi connectivity index (χ0n) is 16.3. The van der Waals surface area contributed by atoms with Gasteiger partial charge in [0.1, 0.15) is 17.3 Å². The number of aromatic nitrogens is 3. The van der Waals surface area contributed by atoms with Gasteiger partial charge in [-0.3, -0.25) is 9.69 Å². The first kappa shape index (κ1) is 18.3. The SMILES string of the molecule is COc1ccc(CN2CCn3c(CNC(=O)c4cccn4C)cnc3C2)cc1. The molecule has 1 aromatic carbocycles. The molecule has 1 amide bonds. The molecule has 0 unspecified atom stereocenters. The first-order valence-electron chi connectivity index (χ1n) is 9.42. The molecule has 0 saturated carbocycles. The number of rotatable bonds is 6. The minimum absolute atomic E-state index is 0.0695. The van der Waals surface area contributed by atoms with Crippen LogP contribution in [-0.4, -0.2) is 38.6 Å². The molecule has 1 N–H and O–H groups in total. The third-order valence-corrected chi connectivity index (χ3v) is 5.20. The number of nitrogens with zero attached hydrogens (tertiary/aromatic N) is 4. The molecule has 3 heterocycles. The topological polar surface area (TPSA) is 64.3 Å². The van der Waals surface area contributed by atoms with Crippen LogP contribution < -0.4 is 10.1 Å². The van der Waals surface area contributed by atoms with E-state index >= 15 is 0 Å². The van der Waals surface area contributed by atoms with E-state index in [4.69, 9.17) is 4.74 Å². The summed E-state index contributed by atoms with van der Waals surface area (Å²) in [6.45, 7) is 4.00. The lowest BCUT2D eigenvalue weighted by Crippen LogP contribution is -2.34. The highest BCUT2D eigenvalue weighted by Gasteiger charge is 2.20. The Hall–Kier alpha value is -3.06. The highest BCUT2D eigenvalue weighted by atomic mass is 16.5. The average Bonchev–Trinajstić information content (AvgIpc) is 3.32. The molecular weight excluding hydrogens is 354 g/mol. The first-order valence-corrected chi connectivity index (χ1v) is 9.42. The molecule has 0 fully saturated rings. The van der Waals surface area contributed by atoms with Crippen molar-refractivity contribution in [1.82, 2.24) is 24.3 Å². The Kier molecular flexibility index (Phi) is 5.16. The number of carbonyl (C=O) groups excluding carboxylic acids is 1. The van der Waals surface area contributed by atoms with Crippen LogP contribution in [0, 0.1) is 0 Å². The maximum atomic E-state index is 12.3. The van der Waals surface area contributed by atoms with Crippen molar-refractivity contribution in [2.75, 3.05) is 13.7 Å². The van der Waals surface area contributed by atoms with Crippen molar-refractivity contribution in [3.8, 4) is 5.75 Å². The lowest BCUT2D eigenvalue weighted by atomic mass is 10.2. The zero-order valence-corrected chi connectivity index (χ0v) is 16.3. The molecule has 0 saturated heterocycles. The predicted molar refractivity (Wildman–Crippen MR) is 106 cm³/mol. The van der Waals surface area contributed by atoms with Crippen molar-refractivity contribution in [2.45, 2.75) is 26.2 Å². The number of ether oxygens (including phenoxy) is 1. The summed E-state index contributed by atoms with van der Waals surface area (Å²) in [5.74, 6) is 1.85. The highest BCUT2D eigenvalue weighted by Crippen LogP contribution is 2.18. The number of methoxy groups -OCH3 is 1. The van der Waals surface area contributed by atoms with Crippen molar-refractivity contribution in [3.05, 3.63) is 71.6 Å². The largest absolute Gasteiger partial charge is 0.497 e. The monoisotopic (exact) mass is 379 g/mol. The normalized spacial score (nSPS) is 13.9. The molecule has 7 heteroatoms. The highest BCUT2D eigenvalue weighted by molar-refractivity contribution is 5.92. The molecule has 0 radical (unpaired) electrons. The van der Waals surface area contributed by atoms with E-state index in [0.717, 1.165) is 43.4 Å². The van der Waals surface area contributed by atoms with Crippen LogP contribution in [0.1, 0.15) is 27.6 Å². The molecule has 28 heavy (non-hydrogen) atoms. The Balaban J connectivity index is 1.36. The van der Waals surface area contributed by atoms with Gasteiger partial charge < -0.3 is 19.2 Å². The number of fused-ring (bicyclic) bond motifs is 1. The molecule has 1 aliphatic heterocycles. The van der Waals surface area contributed by atoms with Crippen molar-refractivity contribution in [1.29, 1.82) is 0 Å². The van der Waals surface area contributed by atoms with Crippen molar-refractivity contribution < 1.29 is 9.53 Å². The van der Waals surface area contributed by atoms with E-state index in [2.05, 4.69) is 31.9 Å². The molecule has 0 atom stereocenters. The van der Waals surface area contributed by atoms with E-state index < -0.39 is 0 Å². The quantitative estimate of drug-likeness (QED) is 0.713. The second-order valence-corrected chi connectivity index (χ2v) is 7.06. The van der Waals surface area contributed by atoms with Crippen molar-refractivity contribution in [2.24, 2.45) is 7.05 Å². The van der Waals surface area contributed by atoms with Crippen LogP contribution in [0.5, 0.6) is 5.75 Å². The standard InChI is InChI=1S/C21H25N5O2/c1-24-9-3-4-19(24)21(27)23-13-17-12-22-20-15-25(10-11-26(17)20)14-16-5-7-18(28-2)8-6-16/h3-9,12H,10-11,13-15H2,1-2H3,(H,23,27). The van der Waals surface area contributed by atoms with E-state index in [1.807, 2.05) is 48.3 Å². The Morgan fingerprint density at radius 3 is 2.75 bits per heavy atom. The molecule has 146 valence electrons. The number of benzene rings is 1. The summed E-state index contributed by atoms with van der Waals surface area (Å²) >= 11 is 0. The summed E-state index contributed by atoms with van der Waals surface area (Å²) in [5, 5.41) is 2.99. The predicted octanol–water partition coefficient (Wildman–Crippen LogP) is 2.18. The van der Waals surface area contributed by atoms with E-state index in [1.54, 1.807) is 7.11 Å². The number of amides is 1. The second kappa shape index (κ2) is 7.90. The Morgan fingerprint density at radius 1 is 1.21 bits per heavy atom. The fourth-order valence-corrected chi connectivity index (χ4v) is 3.60. The van der Waals surface area contributed by atoms with Gasteiger partial charge in [0.15, 0.2) is 0 Å². The van der Waals surface area contributed by atoms with Gasteiger partial charge in [-0.1, -0.05) is 12.1 Å². The minimum atomic E-state index is -0.0695. The van der Waals surface area contributed by atoms with Gasteiger partial charge in [0.2, 0.25) is 0 Å². The van der Waals surface area contributed by atoms with Gasteiger partial charge in [-0.2, -0.15) is 0 Å². The summed E-state index contributed by atoms with van der Waals surface area (Å²) in [6, 6.07) is 11.9. The van der Waals surface area contributed by atoms with E-state index in [0.29, 0.717) is 12.2 Å². The number of aryl methyl sites for hydroxylation is 1. The maximum absolute atomic E-state index is 12.3. The van der Waals surface area contributed by atoms with Gasteiger partial charge in [0, 0.05) is 32.9 Å². The van der Waals surface area contributed by atoms with Crippen LogP contribution in [0.4, 0.5) is 0 Å². The van der Waals surface area contributed by atoms with E-state index in [1.165, 1.54) is 5.56 Å². The van der Waals surface area contributed by atoms with Gasteiger partial charge in [-0.05, 0) is 29.8 Å². The summed E-state index contributed by atoms with van der Waals surface area (Å²) in [7, 11) is 3.55. The van der Waals surface area contributed by atoms with E-state index in [9.17, 15) is 4.79 Å². The summed E-state index contributed by atoms with van der Waals surface area (Å²) in [6.07, 6.45) is 3.74. The zero-order chi connectivity index (χ0) is 19.5. The van der Waals surface area contributed by atoms with Crippen LogP contribution >= 0.6 is 0 Å². The van der Waals surface area contributed by atoms with Crippen LogP contribution in [0.15, 0.2) is 48.8 Å². The number of hydrogen-bond donors (Lipinski definition) is 1. The van der Waals surface area contributed by atoms with Crippen LogP contribution in [0.3, 0.4) is 0 Å². The Labute approximate surface area is 164 Å². The minimum Gasteiger partial charge on any atom is -0.497 e. The summed E-state index contributed by atoms with van der Waals surface area (Å²) < 4.78 is 9.26. The molecule has 1 aliphatic rings. The van der Waals surface area contributed by atoms with Crippen molar-refractivity contribution in [3.63, 3.8) is 0 Å². The van der Waals surface area contributed by atoms with E-state index in [-0.39, 0.29) is 5.91 Å². The number of hydrogen-bond acceptors (Lipinski definition) is 4. The van der Waals surface area contributed by atoms with Gasteiger partial charge in [-0.15, -0.1) is 0 Å². The molecule has 0 spiro atoms. The average molecular weight is 379 g/mol. The van der Waals surface area contributed by atoms with Crippen molar-refractivity contribution >= 4 is 5.91 Å². The molecule has 3 aromatic rings. The molecule has 2 aromatic heterocycles. The third-order valence-electron chi connectivity index (χ3n) is 5.20. The van der Waals surface area contributed by atoms with Crippen LogP contribution in [0.25, 0.3) is 0 Å². The molecule has 0 bridgehead atoms. The summed E-state index contributed by atoms with van der Waals surface area (Å²) in [4.78, 5) is 19.3. The smallest absolute Gasteiger partial charge is 0.268 e. The van der Waals surface area contributed by atoms with Gasteiger partial charge >= 0.3 is 0 Å². The number of carbonyl (C=O) groups is 1. The third kappa shape index (κ3) is 3.80. The Morgan fingerprint density at radius 2 is 2.04 bits per heavy atom. The maximum Gasteiger partial charge on any atom is 0.268 e. The van der Waals surface area contributed by atoms with Crippen LogP contribution in [0.2, 0.25) is 0 Å². The molecule has 4 rings (SSSR count). The lowest BCUT2D eigenvalue weighted by Gasteiger charge is -2.28. The molecule has 0 aliphatic carbocycles. The van der Waals surface area contributed by atoms with Gasteiger partial charge in [0.05, 0.1) is 32.1 Å². The fourth-order valence-electron chi connectivity index (χ4n) is 3.60. The molecule has 7 nitrogen and oxygen atoms in total.